The number of nitrogens with zero attached hydrogens (tertiary/aromatic N) is 1. The molecule has 23 heavy (non-hydrogen) atoms. The molecule has 1 N–H and O–H groups in total. The largest absolute Gasteiger partial charge is 0.377 e. The van der Waals surface area contributed by atoms with Crippen molar-refractivity contribution in [2.75, 3.05) is 11.9 Å². The minimum Gasteiger partial charge on any atom is -0.377 e. The fourth-order valence-electron chi connectivity index (χ4n) is 2.83. The Bertz CT molecular complexity index is 693. The van der Waals surface area contributed by atoms with Crippen LogP contribution in [-0.4, -0.2) is 17.6 Å². The van der Waals surface area contributed by atoms with Crippen LogP contribution < -0.4 is 5.32 Å². The minimum absolute atomic E-state index is 0.000234. The normalized spacial score (nSPS) is 20.9. The first-order valence-electron chi connectivity index (χ1n) is 7.50. The molecule has 3 rings (SSSR count). The lowest BCUT2D eigenvalue weighted by Gasteiger charge is -2.31. The Labute approximate surface area is 139 Å². The predicted octanol–water partition coefficient (Wildman–Crippen LogP) is 4.58. The van der Waals surface area contributed by atoms with Gasteiger partial charge in [0.2, 0.25) is 0 Å². The summed E-state index contributed by atoms with van der Waals surface area (Å²) < 4.78 is 5.83. The monoisotopic (exact) mass is 332 g/mol. The Hall–Kier alpha value is -2.11. The SMILES string of the molecule is O=[N+]([O-])c1cc(Cl)ccc1NC1CCOC(c2ccccc2)C1. The Kier molecular flexibility index (Phi) is 4.79. The van der Waals surface area contributed by atoms with E-state index in [4.69, 9.17) is 16.3 Å². The highest BCUT2D eigenvalue weighted by atomic mass is 35.5. The Morgan fingerprint density at radius 3 is 2.74 bits per heavy atom. The lowest BCUT2D eigenvalue weighted by atomic mass is 9.97. The molecule has 1 aliphatic heterocycles. The smallest absolute Gasteiger partial charge is 0.293 e. The van der Waals surface area contributed by atoms with Crippen LogP contribution in [0.25, 0.3) is 0 Å². The van der Waals surface area contributed by atoms with Crippen LogP contribution in [0, 0.1) is 10.1 Å². The molecule has 0 spiro atoms. The Balaban J connectivity index is 1.74. The summed E-state index contributed by atoms with van der Waals surface area (Å²) in [6, 6.07) is 14.8. The minimum atomic E-state index is -0.414. The van der Waals surface area contributed by atoms with E-state index in [9.17, 15) is 10.1 Å². The molecule has 0 aliphatic carbocycles. The van der Waals surface area contributed by atoms with E-state index in [2.05, 4.69) is 5.32 Å². The summed E-state index contributed by atoms with van der Waals surface area (Å²) >= 11 is 5.85. The molecule has 2 unspecified atom stereocenters. The second-order valence-corrected chi connectivity index (χ2v) is 5.99. The van der Waals surface area contributed by atoms with Crippen LogP contribution in [0.15, 0.2) is 48.5 Å². The number of nitro benzene ring substituents is 1. The Morgan fingerprint density at radius 1 is 1.22 bits per heavy atom. The zero-order valence-electron chi connectivity index (χ0n) is 12.4. The van der Waals surface area contributed by atoms with Gasteiger partial charge in [-0.25, -0.2) is 0 Å². The van der Waals surface area contributed by atoms with Gasteiger partial charge in [-0.2, -0.15) is 0 Å². The van der Waals surface area contributed by atoms with Crippen molar-refractivity contribution in [3.05, 3.63) is 69.2 Å². The zero-order chi connectivity index (χ0) is 16.2. The van der Waals surface area contributed by atoms with Crippen LogP contribution in [0.5, 0.6) is 0 Å². The number of hydrogen-bond acceptors (Lipinski definition) is 4. The molecule has 1 saturated heterocycles. The molecular formula is C17H17ClN2O3. The van der Waals surface area contributed by atoms with E-state index in [0.29, 0.717) is 17.3 Å². The van der Waals surface area contributed by atoms with E-state index in [0.717, 1.165) is 18.4 Å². The zero-order valence-corrected chi connectivity index (χ0v) is 13.2. The summed E-state index contributed by atoms with van der Waals surface area (Å²) in [4.78, 5) is 10.8. The highest BCUT2D eigenvalue weighted by molar-refractivity contribution is 6.30. The standard InChI is InChI=1S/C17H17ClN2O3/c18-13-6-7-15(16(10-13)20(21)22)19-14-8-9-23-17(11-14)12-4-2-1-3-5-12/h1-7,10,14,17,19H,8-9,11H2. The molecule has 0 amide bonds. The molecule has 5 nitrogen and oxygen atoms in total. The molecule has 6 heteroatoms. The molecule has 1 fully saturated rings. The van der Waals surface area contributed by atoms with Crippen LogP contribution in [0.2, 0.25) is 5.02 Å². The molecule has 0 radical (unpaired) electrons. The third-order valence-electron chi connectivity index (χ3n) is 3.97. The van der Waals surface area contributed by atoms with E-state index < -0.39 is 4.92 Å². The third kappa shape index (κ3) is 3.81. The van der Waals surface area contributed by atoms with Gasteiger partial charge >= 0.3 is 0 Å². The first-order valence-corrected chi connectivity index (χ1v) is 7.88. The number of hydrogen-bond donors (Lipinski definition) is 1. The van der Waals surface area contributed by atoms with Crippen LogP contribution in [0.3, 0.4) is 0 Å². The van der Waals surface area contributed by atoms with Gasteiger partial charge < -0.3 is 10.1 Å². The summed E-state index contributed by atoms with van der Waals surface area (Å²) in [6.07, 6.45) is 1.58. The van der Waals surface area contributed by atoms with Gasteiger partial charge in [-0.1, -0.05) is 41.9 Å². The van der Waals surface area contributed by atoms with Crippen LogP contribution in [-0.2, 0) is 4.74 Å². The van der Waals surface area contributed by atoms with Crippen molar-refractivity contribution in [3.8, 4) is 0 Å². The molecule has 0 aromatic heterocycles. The summed E-state index contributed by atoms with van der Waals surface area (Å²) in [5.74, 6) is 0. The number of anilines is 1. The molecule has 0 saturated carbocycles. The van der Waals surface area contributed by atoms with Crippen molar-refractivity contribution in [2.45, 2.75) is 25.0 Å². The molecule has 1 heterocycles. The highest BCUT2D eigenvalue weighted by Gasteiger charge is 2.25. The van der Waals surface area contributed by atoms with Crippen molar-refractivity contribution >= 4 is 23.0 Å². The number of benzene rings is 2. The summed E-state index contributed by atoms with van der Waals surface area (Å²) in [6.45, 7) is 0.624. The van der Waals surface area contributed by atoms with Crippen molar-refractivity contribution in [3.63, 3.8) is 0 Å². The summed E-state index contributed by atoms with van der Waals surface area (Å²) in [5.41, 5.74) is 1.63. The van der Waals surface area contributed by atoms with Gasteiger partial charge in [0.1, 0.15) is 5.69 Å². The van der Waals surface area contributed by atoms with Crippen LogP contribution in [0.4, 0.5) is 11.4 Å². The maximum absolute atomic E-state index is 11.2. The highest BCUT2D eigenvalue weighted by Crippen LogP contribution is 2.33. The van der Waals surface area contributed by atoms with Crippen molar-refractivity contribution in [1.82, 2.24) is 0 Å². The number of rotatable bonds is 4. The molecule has 0 bridgehead atoms. The first-order chi connectivity index (χ1) is 11.1. The second-order valence-electron chi connectivity index (χ2n) is 5.55. The number of ether oxygens (including phenoxy) is 1. The van der Waals surface area contributed by atoms with E-state index in [-0.39, 0.29) is 17.8 Å². The first kappa shape index (κ1) is 15.8. The molecule has 2 aromatic carbocycles. The fraction of sp³-hybridized carbons (Fsp3) is 0.294. The van der Waals surface area contributed by atoms with Gasteiger partial charge in [-0.15, -0.1) is 0 Å². The molecular weight excluding hydrogens is 316 g/mol. The molecule has 2 atom stereocenters. The lowest BCUT2D eigenvalue weighted by molar-refractivity contribution is -0.384. The number of halogens is 1. The van der Waals surface area contributed by atoms with Gasteiger partial charge in [0, 0.05) is 23.7 Å². The average molecular weight is 333 g/mol. The molecule has 2 aromatic rings. The van der Waals surface area contributed by atoms with Gasteiger partial charge in [0.05, 0.1) is 11.0 Å². The second kappa shape index (κ2) is 6.98. The topological polar surface area (TPSA) is 64.4 Å². The molecule has 1 aliphatic rings. The van der Waals surface area contributed by atoms with Crippen LogP contribution in [0.1, 0.15) is 24.5 Å². The molecule has 120 valence electrons. The summed E-state index contributed by atoms with van der Waals surface area (Å²) in [7, 11) is 0. The predicted molar refractivity (Wildman–Crippen MR) is 89.9 cm³/mol. The van der Waals surface area contributed by atoms with E-state index in [1.54, 1.807) is 12.1 Å². The maximum Gasteiger partial charge on any atom is 0.293 e. The van der Waals surface area contributed by atoms with Crippen molar-refractivity contribution in [1.29, 1.82) is 0 Å². The van der Waals surface area contributed by atoms with Crippen molar-refractivity contribution in [2.24, 2.45) is 0 Å². The van der Waals surface area contributed by atoms with Gasteiger partial charge in [0.15, 0.2) is 0 Å². The van der Waals surface area contributed by atoms with E-state index in [1.165, 1.54) is 6.07 Å². The number of nitrogens with one attached hydrogen (secondary N) is 1. The van der Waals surface area contributed by atoms with Gasteiger partial charge in [0.25, 0.3) is 5.69 Å². The lowest BCUT2D eigenvalue weighted by Crippen LogP contribution is -2.30. The third-order valence-corrected chi connectivity index (χ3v) is 4.21. The average Bonchev–Trinajstić information content (AvgIpc) is 2.57. The fourth-order valence-corrected chi connectivity index (χ4v) is 2.99. The van der Waals surface area contributed by atoms with Crippen molar-refractivity contribution < 1.29 is 9.66 Å². The van der Waals surface area contributed by atoms with E-state index >= 15 is 0 Å². The van der Waals surface area contributed by atoms with E-state index in [1.807, 2.05) is 30.3 Å². The summed E-state index contributed by atoms with van der Waals surface area (Å²) in [5, 5.41) is 14.8. The van der Waals surface area contributed by atoms with Crippen LogP contribution >= 0.6 is 11.6 Å². The number of nitro groups is 1. The van der Waals surface area contributed by atoms with Gasteiger partial charge in [-0.05, 0) is 30.5 Å². The quantitative estimate of drug-likeness (QED) is 0.657. The maximum atomic E-state index is 11.2. The van der Waals surface area contributed by atoms with Gasteiger partial charge in [-0.3, -0.25) is 10.1 Å². The Morgan fingerprint density at radius 2 is 2.00 bits per heavy atom.